The van der Waals surface area contributed by atoms with E-state index in [-0.39, 0.29) is 5.82 Å². The number of nitrogens with two attached hydrogens (primary N) is 1. The Labute approximate surface area is 144 Å². The summed E-state index contributed by atoms with van der Waals surface area (Å²) in [5, 5.41) is 30.7. The van der Waals surface area contributed by atoms with Crippen LogP contribution in [0.4, 0.5) is 11.8 Å². The van der Waals surface area contributed by atoms with Crippen molar-refractivity contribution >= 4 is 11.8 Å². The number of nitrogens with zero attached hydrogens (tertiary/aromatic N) is 6. The zero-order chi connectivity index (χ0) is 17.5. The Bertz CT molecular complexity index is 844. The molecule has 0 spiro atoms. The van der Waals surface area contributed by atoms with E-state index >= 15 is 0 Å². The summed E-state index contributed by atoms with van der Waals surface area (Å²) in [4.78, 5) is 0. The van der Waals surface area contributed by atoms with E-state index in [4.69, 9.17) is 11.0 Å². The first kappa shape index (κ1) is 16.4. The van der Waals surface area contributed by atoms with Gasteiger partial charge in [-0.15, -0.1) is 0 Å². The summed E-state index contributed by atoms with van der Waals surface area (Å²) in [5.74, 6) is 0.895. The third kappa shape index (κ3) is 3.92. The predicted octanol–water partition coefficient (Wildman–Crippen LogP) is 1.66. The van der Waals surface area contributed by atoms with Gasteiger partial charge in [0.05, 0.1) is 11.4 Å². The van der Waals surface area contributed by atoms with E-state index in [9.17, 15) is 0 Å². The molecule has 4 N–H and O–H groups in total. The summed E-state index contributed by atoms with van der Waals surface area (Å²) < 4.78 is 1.67. The van der Waals surface area contributed by atoms with Crippen LogP contribution in [0.15, 0.2) is 30.3 Å². The highest BCUT2D eigenvalue weighted by atomic mass is 15.6. The second-order valence-electron chi connectivity index (χ2n) is 5.56. The molecule has 128 valence electrons. The summed E-state index contributed by atoms with van der Waals surface area (Å²) in [6, 6.07) is 11.8. The van der Waals surface area contributed by atoms with Crippen LogP contribution in [-0.2, 0) is 6.42 Å². The number of hydrogen-bond donors (Lipinski definition) is 3. The summed E-state index contributed by atoms with van der Waals surface area (Å²) in [5.41, 5.74) is 7.80. The number of H-pyrrole nitrogens is 1. The highest BCUT2D eigenvalue weighted by molar-refractivity contribution is 5.50. The number of rotatable bonds is 8. The lowest BCUT2D eigenvalue weighted by Gasteiger charge is -2.06. The van der Waals surface area contributed by atoms with Gasteiger partial charge in [0.25, 0.3) is 0 Å². The maximum atomic E-state index is 9.03. The first-order valence-electron chi connectivity index (χ1n) is 8.10. The second-order valence-corrected chi connectivity index (χ2v) is 5.56. The molecule has 0 aliphatic rings. The Balaban J connectivity index is 1.43. The molecular weight excluding hydrogens is 318 g/mol. The molecule has 1 aromatic carbocycles. The number of tetrazole rings is 1. The van der Waals surface area contributed by atoms with Crippen LogP contribution in [0.3, 0.4) is 0 Å². The van der Waals surface area contributed by atoms with Crippen molar-refractivity contribution in [2.75, 3.05) is 17.6 Å². The number of nitrogen functional groups attached to an aromatic ring is 1. The third-order valence-corrected chi connectivity index (χ3v) is 3.84. The fraction of sp³-hybridized carbons (Fsp3) is 0.312. The van der Waals surface area contributed by atoms with Gasteiger partial charge in [-0.2, -0.15) is 15.0 Å². The van der Waals surface area contributed by atoms with Crippen LogP contribution in [0.2, 0.25) is 0 Å². The zero-order valence-electron chi connectivity index (χ0n) is 13.7. The molecule has 3 aromatic rings. The SMILES string of the molecule is N#Cc1c(N)n[nH]c1CCCCCNc1nnnn1-c1ccccc1. The van der Waals surface area contributed by atoms with Gasteiger partial charge in [-0.3, -0.25) is 5.10 Å². The number of aromatic nitrogens is 6. The fourth-order valence-electron chi connectivity index (χ4n) is 2.54. The highest BCUT2D eigenvalue weighted by Crippen LogP contribution is 2.15. The summed E-state index contributed by atoms with van der Waals surface area (Å²) in [6.45, 7) is 0.767. The minimum absolute atomic E-state index is 0.270. The van der Waals surface area contributed by atoms with Crippen molar-refractivity contribution in [3.05, 3.63) is 41.6 Å². The predicted molar refractivity (Wildman–Crippen MR) is 92.9 cm³/mol. The molecule has 0 saturated heterocycles. The number of anilines is 2. The summed E-state index contributed by atoms with van der Waals surface area (Å²) in [7, 11) is 0. The summed E-state index contributed by atoms with van der Waals surface area (Å²) >= 11 is 0. The molecule has 2 aromatic heterocycles. The molecule has 25 heavy (non-hydrogen) atoms. The molecule has 2 heterocycles. The normalized spacial score (nSPS) is 10.5. The molecule has 0 saturated carbocycles. The van der Waals surface area contributed by atoms with E-state index in [0.29, 0.717) is 11.5 Å². The number of benzene rings is 1. The van der Waals surface area contributed by atoms with E-state index < -0.39 is 0 Å². The average Bonchev–Trinajstić information content (AvgIpc) is 3.25. The lowest BCUT2D eigenvalue weighted by atomic mass is 10.1. The van der Waals surface area contributed by atoms with Gasteiger partial charge in [-0.25, -0.2) is 0 Å². The van der Waals surface area contributed by atoms with E-state index in [1.807, 2.05) is 30.3 Å². The lowest BCUT2D eigenvalue weighted by Crippen LogP contribution is -2.08. The van der Waals surface area contributed by atoms with Crippen molar-refractivity contribution in [3.8, 4) is 11.8 Å². The Kier molecular flexibility index (Phi) is 5.21. The molecule has 9 nitrogen and oxygen atoms in total. The largest absolute Gasteiger partial charge is 0.381 e. The Morgan fingerprint density at radius 1 is 1.20 bits per heavy atom. The standard InChI is InChI=1S/C16H19N9/c17-11-13-14(20-21-15(13)18)9-5-2-6-10-19-16-22-23-24-25(16)12-7-3-1-4-8-12/h1,3-4,7-8H,2,5-6,9-10H2,(H3,18,20,21)(H,19,22,24). The molecule has 0 aliphatic heterocycles. The van der Waals surface area contributed by atoms with Gasteiger partial charge in [-0.1, -0.05) is 29.7 Å². The van der Waals surface area contributed by atoms with Crippen LogP contribution >= 0.6 is 0 Å². The zero-order valence-corrected chi connectivity index (χ0v) is 13.7. The molecule has 0 bridgehead atoms. The number of aryl methyl sites for hydroxylation is 1. The molecule has 0 atom stereocenters. The van der Waals surface area contributed by atoms with Gasteiger partial charge in [0.1, 0.15) is 11.6 Å². The molecule has 3 rings (SSSR count). The molecule has 0 radical (unpaired) electrons. The lowest BCUT2D eigenvalue weighted by molar-refractivity contribution is 0.684. The monoisotopic (exact) mass is 337 g/mol. The van der Waals surface area contributed by atoms with Gasteiger partial charge in [0.15, 0.2) is 5.82 Å². The van der Waals surface area contributed by atoms with Crippen LogP contribution in [0.25, 0.3) is 5.69 Å². The maximum absolute atomic E-state index is 9.03. The molecule has 0 fully saturated rings. The third-order valence-electron chi connectivity index (χ3n) is 3.84. The molecule has 9 heteroatoms. The first-order valence-corrected chi connectivity index (χ1v) is 8.10. The van der Waals surface area contributed by atoms with Crippen molar-refractivity contribution < 1.29 is 0 Å². The molecule has 0 unspecified atom stereocenters. The minimum Gasteiger partial charge on any atom is -0.381 e. The number of hydrogen-bond acceptors (Lipinski definition) is 7. The fourth-order valence-corrected chi connectivity index (χ4v) is 2.54. The number of nitriles is 1. The van der Waals surface area contributed by atoms with E-state index in [1.165, 1.54) is 0 Å². The molecule has 0 aliphatic carbocycles. The van der Waals surface area contributed by atoms with Crippen molar-refractivity contribution in [2.24, 2.45) is 0 Å². The van der Waals surface area contributed by atoms with Gasteiger partial charge >= 0.3 is 0 Å². The van der Waals surface area contributed by atoms with E-state index in [0.717, 1.165) is 43.6 Å². The van der Waals surface area contributed by atoms with E-state index in [1.54, 1.807) is 4.68 Å². The average molecular weight is 337 g/mol. The topological polar surface area (TPSA) is 134 Å². The second kappa shape index (κ2) is 7.92. The van der Waals surface area contributed by atoms with Crippen LogP contribution in [-0.4, -0.2) is 36.9 Å². The number of nitrogens with one attached hydrogen (secondary N) is 2. The molecular formula is C16H19N9. The Morgan fingerprint density at radius 2 is 2.04 bits per heavy atom. The maximum Gasteiger partial charge on any atom is 0.247 e. The minimum atomic E-state index is 0.270. The highest BCUT2D eigenvalue weighted by Gasteiger charge is 2.10. The van der Waals surface area contributed by atoms with Crippen LogP contribution in [0.5, 0.6) is 0 Å². The van der Waals surface area contributed by atoms with Gasteiger partial charge in [0, 0.05) is 6.54 Å². The van der Waals surface area contributed by atoms with E-state index in [2.05, 4.69) is 37.1 Å². The smallest absolute Gasteiger partial charge is 0.247 e. The van der Waals surface area contributed by atoms with Crippen LogP contribution in [0.1, 0.15) is 30.5 Å². The first-order chi connectivity index (χ1) is 12.3. The van der Waals surface area contributed by atoms with Gasteiger partial charge in [0.2, 0.25) is 5.95 Å². The van der Waals surface area contributed by atoms with Crippen LogP contribution in [0, 0.1) is 11.3 Å². The van der Waals surface area contributed by atoms with Crippen molar-refractivity contribution in [1.29, 1.82) is 5.26 Å². The van der Waals surface area contributed by atoms with Crippen molar-refractivity contribution in [2.45, 2.75) is 25.7 Å². The Morgan fingerprint density at radius 3 is 2.84 bits per heavy atom. The van der Waals surface area contributed by atoms with Crippen molar-refractivity contribution in [1.82, 2.24) is 30.4 Å². The number of para-hydroxylation sites is 1. The summed E-state index contributed by atoms with van der Waals surface area (Å²) in [6.07, 6.45) is 3.67. The number of aromatic amines is 1. The van der Waals surface area contributed by atoms with Gasteiger partial charge < -0.3 is 11.1 Å². The van der Waals surface area contributed by atoms with Gasteiger partial charge in [-0.05, 0) is 41.8 Å². The quantitative estimate of drug-likeness (QED) is 0.532. The van der Waals surface area contributed by atoms with Crippen LogP contribution < -0.4 is 11.1 Å². The number of unbranched alkanes of at least 4 members (excludes halogenated alkanes) is 2. The molecule has 0 amide bonds. The van der Waals surface area contributed by atoms with Crippen molar-refractivity contribution in [3.63, 3.8) is 0 Å². The Hall–Kier alpha value is -3.41.